The van der Waals surface area contributed by atoms with Crippen LogP contribution < -0.4 is 4.90 Å². The van der Waals surface area contributed by atoms with Gasteiger partial charge in [0.25, 0.3) is 0 Å². The molecule has 0 amide bonds. The molecule has 0 saturated carbocycles. The number of hydrogen-bond acceptors (Lipinski definition) is 2. The summed E-state index contributed by atoms with van der Waals surface area (Å²) in [6, 6.07) is 49.7. The van der Waals surface area contributed by atoms with Crippen LogP contribution in [0.25, 0.3) is 89.9 Å². The standard InChI is InChI=1S/C59H49N3/c1-38-16-11-12-21-47(38)50-34-41(27-26-39(50)2)42-28-30-54-52(35-42)51(43-17-15-18-45(33-43)59-32-40(3)48-22-13-14-24-56(48)61(59)4)37-55(60-54)44-29-31-58-53(36-44)49-23-9-6-10-25-57(49)62(58)46-19-7-5-8-20-46/h7,9-37,59H,5-6,8H2,1-4H3. The molecular formula is C59H49N3. The van der Waals surface area contributed by atoms with Crippen molar-refractivity contribution in [1.29, 1.82) is 0 Å². The molecule has 3 aliphatic rings. The largest absolute Gasteiger partial charge is 0.364 e. The topological polar surface area (TPSA) is 21.1 Å². The minimum Gasteiger partial charge on any atom is -0.364 e. The number of nitrogens with zero attached hydrogens (tertiary/aromatic N) is 3. The smallest absolute Gasteiger partial charge is 0.0729 e. The van der Waals surface area contributed by atoms with E-state index in [0.29, 0.717) is 0 Å². The highest BCUT2D eigenvalue weighted by molar-refractivity contribution is 6.02. The molecule has 1 unspecified atom stereocenters. The zero-order valence-corrected chi connectivity index (χ0v) is 35.9. The lowest BCUT2D eigenvalue weighted by molar-refractivity contribution is 0.800. The third-order valence-corrected chi connectivity index (χ3v) is 13.3. The molecule has 6 aromatic carbocycles. The zero-order valence-electron chi connectivity index (χ0n) is 35.9. The first-order valence-electron chi connectivity index (χ1n) is 22.0. The molecule has 0 fully saturated rings. The Morgan fingerprint density at radius 1 is 0.565 bits per heavy atom. The molecule has 0 spiro atoms. The highest BCUT2D eigenvalue weighted by atomic mass is 15.1. The number of anilines is 1. The van der Waals surface area contributed by atoms with E-state index in [1.54, 1.807) is 0 Å². The van der Waals surface area contributed by atoms with Crippen molar-refractivity contribution in [3.8, 4) is 44.6 Å². The summed E-state index contributed by atoms with van der Waals surface area (Å²) >= 11 is 0. The molecule has 0 N–H and O–H groups in total. The summed E-state index contributed by atoms with van der Waals surface area (Å²) in [5.41, 5.74) is 23.0. The predicted molar refractivity (Wildman–Crippen MR) is 265 cm³/mol. The number of para-hydroxylation sites is 1. The number of pyridine rings is 1. The third-order valence-electron chi connectivity index (χ3n) is 13.3. The Kier molecular flexibility index (Phi) is 9.34. The van der Waals surface area contributed by atoms with E-state index in [9.17, 15) is 0 Å². The van der Waals surface area contributed by atoms with Gasteiger partial charge in [-0.15, -0.1) is 0 Å². The van der Waals surface area contributed by atoms with Crippen LogP contribution in [0, 0.1) is 13.8 Å². The third kappa shape index (κ3) is 6.48. The van der Waals surface area contributed by atoms with E-state index in [2.05, 4.69) is 219 Å². The molecule has 2 aromatic heterocycles. The van der Waals surface area contributed by atoms with Crippen molar-refractivity contribution in [2.24, 2.45) is 0 Å². The van der Waals surface area contributed by atoms with Crippen LogP contribution in [0.4, 0.5) is 5.69 Å². The number of fused-ring (bicyclic) bond motifs is 5. The maximum Gasteiger partial charge on any atom is 0.0729 e. The Morgan fingerprint density at radius 2 is 1.34 bits per heavy atom. The van der Waals surface area contributed by atoms with Crippen molar-refractivity contribution in [2.45, 2.75) is 46.1 Å². The minimum atomic E-state index is 0.110. The Labute approximate surface area is 365 Å². The molecule has 2 aliphatic carbocycles. The number of aromatic nitrogens is 2. The van der Waals surface area contributed by atoms with E-state index in [1.165, 1.54) is 94.8 Å². The summed E-state index contributed by atoms with van der Waals surface area (Å²) in [6.07, 6.45) is 21.6. The van der Waals surface area contributed by atoms with Gasteiger partial charge in [0.2, 0.25) is 0 Å². The van der Waals surface area contributed by atoms with Crippen LogP contribution in [-0.4, -0.2) is 16.6 Å². The molecule has 62 heavy (non-hydrogen) atoms. The van der Waals surface area contributed by atoms with Gasteiger partial charge < -0.3 is 9.47 Å². The van der Waals surface area contributed by atoms with Crippen LogP contribution >= 0.6 is 0 Å². The van der Waals surface area contributed by atoms with Crippen LogP contribution in [0.1, 0.15) is 65.7 Å². The lowest BCUT2D eigenvalue weighted by Gasteiger charge is -2.34. The molecule has 8 aromatic rings. The van der Waals surface area contributed by atoms with E-state index in [-0.39, 0.29) is 6.04 Å². The normalized spacial score (nSPS) is 15.7. The average Bonchev–Trinajstić information content (AvgIpc) is 3.42. The van der Waals surface area contributed by atoms with Gasteiger partial charge in [-0.25, -0.2) is 4.98 Å². The number of benzene rings is 6. The maximum absolute atomic E-state index is 5.47. The van der Waals surface area contributed by atoms with E-state index < -0.39 is 0 Å². The van der Waals surface area contributed by atoms with Gasteiger partial charge in [0.1, 0.15) is 0 Å². The van der Waals surface area contributed by atoms with Gasteiger partial charge in [-0.2, -0.15) is 0 Å². The van der Waals surface area contributed by atoms with Gasteiger partial charge in [-0.3, -0.25) is 0 Å². The van der Waals surface area contributed by atoms with Gasteiger partial charge in [0.15, 0.2) is 0 Å². The second-order valence-electron chi connectivity index (χ2n) is 17.2. The van der Waals surface area contributed by atoms with Crippen molar-refractivity contribution in [3.63, 3.8) is 0 Å². The highest BCUT2D eigenvalue weighted by Crippen LogP contribution is 2.43. The molecular weight excluding hydrogens is 751 g/mol. The molecule has 3 heteroatoms. The number of hydrogen-bond donors (Lipinski definition) is 0. The first-order chi connectivity index (χ1) is 30.4. The second-order valence-corrected chi connectivity index (χ2v) is 17.2. The monoisotopic (exact) mass is 799 g/mol. The Morgan fingerprint density at radius 3 is 2.21 bits per heavy atom. The van der Waals surface area contributed by atoms with Crippen LogP contribution in [0.5, 0.6) is 0 Å². The number of likely N-dealkylation sites (N-methyl/N-ethyl adjacent to an activating group) is 1. The fourth-order valence-corrected chi connectivity index (χ4v) is 9.99. The van der Waals surface area contributed by atoms with Crippen LogP contribution in [0.3, 0.4) is 0 Å². The Hall–Kier alpha value is -7.23. The summed E-state index contributed by atoms with van der Waals surface area (Å²) in [7, 11) is 2.22. The molecule has 1 atom stereocenters. The molecule has 3 heterocycles. The highest BCUT2D eigenvalue weighted by Gasteiger charge is 2.24. The van der Waals surface area contributed by atoms with E-state index in [0.717, 1.165) is 41.4 Å². The van der Waals surface area contributed by atoms with Crippen molar-refractivity contribution < 1.29 is 0 Å². The summed E-state index contributed by atoms with van der Waals surface area (Å²) < 4.78 is 2.44. The van der Waals surface area contributed by atoms with Gasteiger partial charge >= 0.3 is 0 Å². The minimum absolute atomic E-state index is 0.110. The predicted octanol–water partition coefficient (Wildman–Crippen LogP) is 15.7. The van der Waals surface area contributed by atoms with Crippen LogP contribution in [-0.2, 0) is 0 Å². The number of rotatable bonds is 6. The van der Waals surface area contributed by atoms with Crippen molar-refractivity contribution in [2.75, 3.05) is 11.9 Å². The summed E-state index contributed by atoms with van der Waals surface area (Å²) in [5, 5.41) is 2.38. The zero-order chi connectivity index (χ0) is 41.9. The lowest BCUT2D eigenvalue weighted by Crippen LogP contribution is -2.26. The molecule has 3 nitrogen and oxygen atoms in total. The summed E-state index contributed by atoms with van der Waals surface area (Å²) in [4.78, 5) is 7.88. The second kappa shape index (κ2) is 15.3. The molecule has 11 rings (SSSR count). The maximum atomic E-state index is 5.47. The first kappa shape index (κ1) is 37.7. The summed E-state index contributed by atoms with van der Waals surface area (Å²) in [6.45, 7) is 6.65. The van der Waals surface area contributed by atoms with Crippen molar-refractivity contribution in [3.05, 3.63) is 203 Å². The Bertz CT molecular complexity index is 3270. The Balaban J connectivity index is 1.09. The first-order valence-corrected chi connectivity index (χ1v) is 22.0. The fourth-order valence-electron chi connectivity index (χ4n) is 9.99. The fraction of sp³-hybridized carbons (Fsp3) is 0.136. The van der Waals surface area contributed by atoms with E-state index in [4.69, 9.17) is 4.98 Å². The number of aryl methyl sites for hydroxylation is 2. The average molecular weight is 800 g/mol. The van der Waals surface area contributed by atoms with Gasteiger partial charge in [-0.05, 0) is 156 Å². The molecule has 0 saturated heterocycles. The summed E-state index contributed by atoms with van der Waals surface area (Å²) in [5.74, 6) is 0. The van der Waals surface area contributed by atoms with Gasteiger partial charge in [0.05, 0.1) is 28.5 Å². The van der Waals surface area contributed by atoms with Crippen LogP contribution in [0.15, 0.2) is 170 Å². The lowest BCUT2D eigenvalue weighted by atomic mass is 9.89. The van der Waals surface area contributed by atoms with E-state index >= 15 is 0 Å². The molecule has 0 radical (unpaired) electrons. The molecule has 0 bridgehead atoms. The quantitative estimate of drug-likeness (QED) is 0.167. The van der Waals surface area contributed by atoms with Crippen LogP contribution in [0.2, 0.25) is 0 Å². The SMILES string of the molecule is CC1=CC(c2cccc(-c3cc(-c4ccc5c(c4)c4c(n5C5=CCCC=C5)C=CCC=C4)nc4ccc(-c5ccc(C)c(-c6ccccc6C)c5)cc34)c2)N(C)c2ccccc21. The van der Waals surface area contributed by atoms with Gasteiger partial charge in [-0.1, -0.05) is 121 Å². The number of allylic oxidation sites excluding steroid dienone is 7. The molecule has 300 valence electrons. The molecule has 1 aliphatic heterocycles. The van der Waals surface area contributed by atoms with Crippen molar-refractivity contribution in [1.82, 2.24) is 9.55 Å². The van der Waals surface area contributed by atoms with Crippen molar-refractivity contribution >= 4 is 50.9 Å². The van der Waals surface area contributed by atoms with E-state index in [1.807, 2.05) is 0 Å². The van der Waals surface area contributed by atoms with Gasteiger partial charge in [0, 0.05) is 45.9 Å².